The first-order chi connectivity index (χ1) is 12.3. The molecule has 0 radical (unpaired) electrons. The fraction of sp³-hybridized carbons (Fsp3) is 0.556. The zero-order valence-corrected chi connectivity index (χ0v) is 14.2. The van der Waals surface area contributed by atoms with Crippen LogP contribution in [-0.2, 0) is 4.79 Å². The zero-order chi connectivity index (χ0) is 16.8. The minimum Gasteiger partial charge on any atom is -0.352 e. The van der Waals surface area contributed by atoms with Gasteiger partial charge in [0.2, 0.25) is 5.91 Å². The number of hydrogen-bond donors (Lipinski definition) is 0. The van der Waals surface area contributed by atoms with Crippen molar-refractivity contribution in [2.24, 2.45) is 0 Å². The molecule has 2 aromatic heterocycles. The summed E-state index contributed by atoms with van der Waals surface area (Å²) in [7, 11) is 0. The van der Waals surface area contributed by atoms with Gasteiger partial charge in [-0.05, 0) is 25.3 Å². The Hall–Kier alpha value is -2.44. The van der Waals surface area contributed by atoms with Crippen LogP contribution >= 0.6 is 0 Å². The SMILES string of the molecule is O=C1CCCN1c1cnn(C2CN(c3ccnc(C4CCC4)n3)C2)c1. The molecule has 5 rings (SSSR count). The van der Waals surface area contributed by atoms with Crippen LogP contribution in [0.5, 0.6) is 0 Å². The maximum atomic E-state index is 11.9. The van der Waals surface area contributed by atoms with E-state index in [1.807, 2.05) is 34.2 Å². The standard InChI is InChI=1S/C18H22N6O/c25-17-5-2-8-23(17)14-9-20-24(12-14)15-10-22(11-15)16-6-7-19-18(21-16)13-3-1-4-13/h6-7,9,12-13,15H,1-5,8,10-11H2. The Bertz CT molecular complexity index is 792. The lowest BCUT2D eigenvalue weighted by Gasteiger charge is -2.40. The van der Waals surface area contributed by atoms with Crippen LogP contribution in [0.4, 0.5) is 11.5 Å². The van der Waals surface area contributed by atoms with E-state index in [2.05, 4.69) is 15.0 Å². The topological polar surface area (TPSA) is 67.2 Å². The van der Waals surface area contributed by atoms with Crippen LogP contribution in [0.3, 0.4) is 0 Å². The molecule has 0 bridgehead atoms. The summed E-state index contributed by atoms with van der Waals surface area (Å²) >= 11 is 0. The third kappa shape index (κ3) is 2.58. The van der Waals surface area contributed by atoms with Crippen molar-refractivity contribution in [2.75, 3.05) is 29.4 Å². The van der Waals surface area contributed by atoms with Crippen LogP contribution in [-0.4, -0.2) is 45.3 Å². The lowest BCUT2D eigenvalue weighted by atomic mass is 9.85. The molecule has 1 saturated carbocycles. The molecule has 3 fully saturated rings. The van der Waals surface area contributed by atoms with Gasteiger partial charge in [-0.2, -0.15) is 5.10 Å². The Morgan fingerprint density at radius 2 is 2.04 bits per heavy atom. The fourth-order valence-corrected chi connectivity index (χ4v) is 3.80. The Balaban J connectivity index is 1.25. The highest BCUT2D eigenvalue weighted by molar-refractivity contribution is 5.95. The van der Waals surface area contributed by atoms with Crippen LogP contribution in [0.15, 0.2) is 24.7 Å². The van der Waals surface area contributed by atoms with Gasteiger partial charge in [-0.1, -0.05) is 6.42 Å². The molecule has 0 aromatic carbocycles. The van der Waals surface area contributed by atoms with E-state index in [0.29, 0.717) is 18.4 Å². The van der Waals surface area contributed by atoms with Gasteiger partial charge in [-0.15, -0.1) is 0 Å². The maximum Gasteiger partial charge on any atom is 0.227 e. The van der Waals surface area contributed by atoms with Crippen LogP contribution < -0.4 is 9.80 Å². The van der Waals surface area contributed by atoms with E-state index in [1.165, 1.54) is 19.3 Å². The van der Waals surface area contributed by atoms with Gasteiger partial charge in [0.15, 0.2) is 0 Å². The molecule has 1 aliphatic carbocycles. The van der Waals surface area contributed by atoms with Crippen molar-refractivity contribution < 1.29 is 4.79 Å². The minimum atomic E-state index is 0.208. The van der Waals surface area contributed by atoms with E-state index >= 15 is 0 Å². The summed E-state index contributed by atoms with van der Waals surface area (Å²) in [5.74, 6) is 2.79. The first-order valence-corrected chi connectivity index (χ1v) is 9.20. The van der Waals surface area contributed by atoms with E-state index in [9.17, 15) is 4.79 Å². The van der Waals surface area contributed by atoms with E-state index in [1.54, 1.807) is 0 Å². The second kappa shape index (κ2) is 5.82. The minimum absolute atomic E-state index is 0.208. The van der Waals surface area contributed by atoms with Crippen LogP contribution in [0, 0.1) is 0 Å². The molecule has 4 heterocycles. The smallest absolute Gasteiger partial charge is 0.227 e. The molecule has 130 valence electrons. The first kappa shape index (κ1) is 14.9. The molecule has 0 N–H and O–H groups in total. The summed E-state index contributed by atoms with van der Waals surface area (Å²) in [6.45, 7) is 2.61. The maximum absolute atomic E-state index is 11.9. The molecule has 0 spiro atoms. The normalized spacial score (nSPS) is 21.5. The lowest BCUT2D eigenvalue weighted by molar-refractivity contribution is -0.117. The molecular formula is C18H22N6O. The molecule has 0 atom stereocenters. The molecule has 1 amide bonds. The quantitative estimate of drug-likeness (QED) is 0.854. The van der Waals surface area contributed by atoms with Gasteiger partial charge < -0.3 is 9.80 Å². The first-order valence-electron chi connectivity index (χ1n) is 9.20. The summed E-state index contributed by atoms with van der Waals surface area (Å²) in [5, 5.41) is 4.48. The summed E-state index contributed by atoms with van der Waals surface area (Å²) in [6, 6.07) is 2.34. The summed E-state index contributed by atoms with van der Waals surface area (Å²) < 4.78 is 1.99. The van der Waals surface area contributed by atoms with Gasteiger partial charge in [0.1, 0.15) is 11.6 Å². The Morgan fingerprint density at radius 1 is 1.16 bits per heavy atom. The Morgan fingerprint density at radius 3 is 2.76 bits per heavy atom. The average molecular weight is 338 g/mol. The predicted molar refractivity (Wildman–Crippen MR) is 93.7 cm³/mol. The van der Waals surface area contributed by atoms with Gasteiger partial charge in [0.25, 0.3) is 0 Å². The van der Waals surface area contributed by atoms with Gasteiger partial charge in [0, 0.05) is 44.4 Å². The Kier molecular flexibility index (Phi) is 3.46. The third-order valence-electron chi connectivity index (χ3n) is 5.66. The lowest BCUT2D eigenvalue weighted by Crippen LogP contribution is -2.48. The van der Waals surface area contributed by atoms with E-state index in [-0.39, 0.29) is 5.91 Å². The predicted octanol–water partition coefficient (Wildman–Crippen LogP) is 2.13. The van der Waals surface area contributed by atoms with Crippen molar-refractivity contribution in [1.82, 2.24) is 19.7 Å². The van der Waals surface area contributed by atoms with Crippen LogP contribution in [0.1, 0.15) is 49.9 Å². The highest BCUT2D eigenvalue weighted by Gasteiger charge is 2.32. The summed E-state index contributed by atoms with van der Waals surface area (Å²) in [6.07, 6.45) is 11.0. The van der Waals surface area contributed by atoms with Gasteiger partial charge >= 0.3 is 0 Å². The summed E-state index contributed by atoms with van der Waals surface area (Å²) in [5.41, 5.74) is 0.926. The van der Waals surface area contributed by atoms with Crippen molar-refractivity contribution in [3.8, 4) is 0 Å². The highest BCUT2D eigenvalue weighted by atomic mass is 16.2. The van der Waals surface area contributed by atoms with Crippen molar-refractivity contribution in [2.45, 2.75) is 44.1 Å². The van der Waals surface area contributed by atoms with Crippen molar-refractivity contribution >= 4 is 17.4 Å². The number of nitrogens with zero attached hydrogens (tertiary/aromatic N) is 6. The highest BCUT2D eigenvalue weighted by Crippen LogP contribution is 2.35. The zero-order valence-electron chi connectivity index (χ0n) is 14.2. The second-order valence-corrected chi connectivity index (χ2v) is 7.29. The van der Waals surface area contributed by atoms with E-state index in [0.717, 1.165) is 43.4 Å². The van der Waals surface area contributed by atoms with Gasteiger partial charge in [-0.25, -0.2) is 9.97 Å². The molecule has 7 heteroatoms. The summed E-state index contributed by atoms with van der Waals surface area (Å²) in [4.78, 5) is 25.2. The second-order valence-electron chi connectivity index (χ2n) is 7.29. The Labute approximate surface area is 146 Å². The molecule has 7 nitrogen and oxygen atoms in total. The third-order valence-corrected chi connectivity index (χ3v) is 5.66. The molecule has 2 aromatic rings. The number of carbonyl (C=O) groups excluding carboxylic acids is 1. The molecule has 0 unspecified atom stereocenters. The van der Waals surface area contributed by atoms with Crippen LogP contribution in [0.25, 0.3) is 0 Å². The number of amides is 1. The van der Waals surface area contributed by atoms with Crippen molar-refractivity contribution in [1.29, 1.82) is 0 Å². The molecule has 3 aliphatic rings. The van der Waals surface area contributed by atoms with E-state index in [4.69, 9.17) is 4.98 Å². The fourth-order valence-electron chi connectivity index (χ4n) is 3.80. The number of aromatic nitrogens is 4. The van der Waals surface area contributed by atoms with Crippen LogP contribution in [0.2, 0.25) is 0 Å². The molecule has 25 heavy (non-hydrogen) atoms. The molecule has 2 aliphatic heterocycles. The van der Waals surface area contributed by atoms with Crippen molar-refractivity contribution in [3.63, 3.8) is 0 Å². The number of carbonyl (C=O) groups is 1. The molecule has 2 saturated heterocycles. The average Bonchev–Trinajstić information content (AvgIpc) is 3.13. The number of rotatable bonds is 4. The number of anilines is 2. The largest absolute Gasteiger partial charge is 0.352 e. The monoisotopic (exact) mass is 338 g/mol. The van der Waals surface area contributed by atoms with E-state index < -0.39 is 0 Å². The van der Waals surface area contributed by atoms with Gasteiger partial charge in [-0.3, -0.25) is 9.48 Å². The number of hydrogen-bond acceptors (Lipinski definition) is 5. The van der Waals surface area contributed by atoms with Crippen molar-refractivity contribution in [3.05, 3.63) is 30.5 Å². The molecular weight excluding hydrogens is 316 g/mol. The van der Waals surface area contributed by atoms with Gasteiger partial charge in [0.05, 0.1) is 17.9 Å².